The molecule has 4 aromatic carbocycles. The Labute approximate surface area is 313 Å². The number of amides is 1. The average Bonchev–Trinajstić information content (AvgIpc) is 3.68. The van der Waals surface area contributed by atoms with Crippen LogP contribution in [-0.2, 0) is 0 Å². The van der Waals surface area contributed by atoms with Crippen LogP contribution in [0.15, 0.2) is 77.3 Å². The summed E-state index contributed by atoms with van der Waals surface area (Å²) in [7, 11) is 7.89. The fourth-order valence-electron chi connectivity index (χ4n) is 6.10. The number of anilines is 1. The summed E-state index contributed by atoms with van der Waals surface area (Å²) in [6.45, 7) is 1.06. The largest absolute Gasteiger partial charge is 0.493 e. The summed E-state index contributed by atoms with van der Waals surface area (Å²) in [5, 5.41) is 11.1. The van der Waals surface area contributed by atoms with Crippen molar-refractivity contribution in [3.63, 3.8) is 0 Å². The van der Waals surface area contributed by atoms with Crippen molar-refractivity contribution >= 4 is 23.2 Å². The Hall–Kier alpha value is -5.75. The third-order valence-electron chi connectivity index (χ3n) is 8.80. The van der Waals surface area contributed by atoms with Gasteiger partial charge in [-0.25, -0.2) is 0 Å². The van der Waals surface area contributed by atoms with Crippen molar-refractivity contribution < 1.29 is 42.5 Å². The summed E-state index contributed by atoms with van der Waals surface area (Å²) >= 11 is 6.06. The van der Waals surface area contributed by atoms with E-state index in [1.165, 1.54) is 0 Å². The topological polar surface area (TPSA) is 132 Å². The number of hydrogen-bond donors (Lipinski definition) is 2. The van der Waals surface area contributed by atoms with Gasteiger partial charge >= 0.3 is 0 Å². The maximum Gasteiger partial charge on any atom is 0.255 e. The van der Waals surface area contributed by atoms with Crippen molar-refractivity contribution in [1.29, 1.82) is 0 Å². The number of nitrogens with one attached hydrogen (secondary N) is 2. The first-order valence-corrected chi connectivity index (χ1v) is 17.5. The smallest absolute Gasteiger partial charge is 0.255 e. The number of rotatable bonds is 17. The van der Waals surface area contributed by atoms with E-state index in [9.17, 15) is 4.79 Å². The van der Waals surface area contributed by atoms with Crippen LogP contribution >= 0.6 is 11.6 Å². The number of methoxy groups -OCH3 is 5. The van der Waals surface area contributed by atoms with E-state index in [1.54, 1.807) is 53.7 Å². The number of para-hydroxylation sites is 1. The fraction of sp³-hybridized carbons (Fsp3) is 0.300. The van der Waals surface area contributed by atoms with Crippen molar-refractivity contribution in [3.05, 3.63) is 88.9 Å². The zero-order valence-corrected chi connectivity index (χ0v) is 31.0. The summed E-state index contributed by atoms with van der Waals surface area (Å²) in [5.74, 6) is 4.27. The molecule has 1 unspecified atom stereocenters. The summed E-state index contributed by atoms with van der Waals surface area (Å²) in [4.78, 5) is 12.7. The second-order valence-electron chi connectivity index (χ2n) is 12.1. The molecular formula is C40H42ClN3O9. The molecule has 2 N–H and O–H groups in total. The maximum absolute atomic E-state index is 12.7. The molecule has 1 aliphatic heterocycles. The van der Waals surface area contributed by atoms with Crippen LogP contribution in [0, 0.1) is 0 Å². The van der Waals surface area contributed by atoms with Gasteiger partial charge in [0.2, 0.25) is 5.75 Å². The highest BCUT2D eigenvalue weighted by atomic mass is 35.5. The van der Waals surface area contributed by atoms with Gasteiger partial charge in [0.25, 0.3) is 5.91 Å². The van der Waals surface area contributed by atoms with Crippen LogP contribution in [0.5, 0.6) is 40.2 Å². The molecule has 1 aliphatic rings. The number of nitrogens with zero attached hydrogens (tertiary/aromatic N) is 1. The molecule has 1 aromatic heterocycles. The van der Waals surface area contributed by atoms with Crippen LogP contribution < -0.4 is 43.8 Å². The maximum atomic E-state index is 12.7. The van der Waals surface area contributed by atoms with Crippen LogP contribution in [0.25, 0.3) is 22.6 Å². The number of hydrogen-bond acceptors (Lipinski definition) is 11. The van der Waals surface area contributed by atoms with Gasteiger partial charge in [-0.05, 0) is 85.8 Å². The molecule has 5 aromatic rings. The van der Waals surface area contributed by atoms with Gasteiger partial charge in [-0.3, -0.25) is 4.79 Å². The number of fused-ring (bicyclic) bond motifs is 1. The third-order valence-corrected chi connectivity index (χ3v) is 9.03. The van der Waals surface area contributed by atoms with E-state index in [0.29, 0.717) is 81.1 Å². The van der Waals surface area contributed by atoms with Crippen molar-refractivity contribution in [1.82, 2.24) is 10.5 Å². The molecule has 6 rings (SSSR count). The van der Waals surface area contributed by atoms with Crippen molar-refractivity contribution in [2.75, 3.05) is 54.1 Å². The van der Waals surface area contributed by atoms with E-state index >= 15 is 0 Å². The molecule has 0 spiro atoms. The third kappa shape index (κ3) is 8.33. The van der Waals surface area contributed by atoms with E-state index in [-0.39, 0.29) is 5.91 Å². The first-order valence-electron chi connectivity index (χ1n) is 17.1. The highest BCUT2D eigenvalue weighted by Crippen LogP contribution is 2.43. The first-order chi connectivity index (χ1) is 25.9. The second kappa shape index (κ2) is 17.2. The van der Waals surface area contributed by atoms with Crippen LogP contribution in [0.3, 0.4) is 0 Å². The van der Waals surface area contributed by atoms with Gasteiger partial charge in [-0.1, -0.05) is 28.9 Å². The van der Waals surface area contributed by atoms with E-state index in [2.05, 4.69) is 15.8 Å². The zero-order chi connectivity index (χ0) is 37.3. The summed E-state index contributed by atoms with van der Waals surface area (Å²) < 4.78 is 45.8. The Kier molecular flexibility index (Phi) is 12.0. The lowest BCUT2D eigenvalue weighted by Gasteiger charge is -2.28. The monoisotopic (exact) mass is 743 g/mol. The number of aromatic nitrogens is 1. The molecule has 2 heterocycles. The Bertz CT molecular complexity index is 2030. The first kappa shape index (κ1) is 37.0. The van der Waals surface area contributed by atoms with Gasteiger partial charge in [0.1, 0.15) is 11.9 Å². The number of benzene rings is 4. The Morgan fingerprint density at radius 3 is 2.04 bits per heavy atom. The number of carbonyl (C=O) groups is 1. The predicted octanol–water partition coefficient (Wildman–Crippen LogP) is 8.58. The summed E-state index contributed by atoms with van der Waals surface area (Å²) in [6.07, 6.45) is 3.22. The quantitative estimate of drug-likeness (QED) is 0.0888. The van der Waals surface area contributed by atoms with Crippen LogP contribution in [0.1, 0.15) is 47.8 Å². The summed E-state index contributed by atoms with van der Waals surface area (Å²) in [6, 6.07) is 22.0. The Morgan fingerprint density at radius 2 is 1.36 bits per heavy atom. The lowest BCUT2D eigenvalue weighted by molar-refractivity contribution is 0.0935. The van der Waals surface area contributed by atoms with E-state index < -0.39 is 6.17 Å². The van der Waals surface area contributed by atoms with Crippen molar-refractivity contribution in [2.45, 2.75) is 31.8 Å². The molecule has 0 fully saturated rings. The molecule has 278 valence electrons. The molecule has 0 aliphatic carbocycles. The standard InChI is InChI=1S/C40H42ClN3O9/c1-46-34-19-24(39-42-29-15-14-26(41)22-28(29)40(45)43-39)13-16-31(34)51-17-8-6-7-9-18-52-32-12-10-11-27(37(32)49-4)33-23-30(44-53-33)25-20-35(47-2)38(50-5)36(21-25)48-3/h10-16,19-23,39,42H,6-9,17-18H2,1-5H3,(H,43,45). The Morgan fingerprint density at radius 1 is 0.660 bits per heavy atom. The molecule has 1 amide bonds. The molecule has 0 saturated carbocycles. The fourth-order valence-corrected chi connectivity index (χ4v) is 6.28. The minimum atomic E-state index is -0.418. The number of ether oxygens (including phenoxy) is 7. The molecule has 0 radical (unpaired) electrons. The molecule has 0 bridgehead atoms. The number of unbranched alkanes of at least 4 members (excludes halogenated alkanes) is 3. The molecule has 53 heavy (non-hydrogen) atoms. The number of halogens is 1. The highest BCUT2D eigenvalue weighted by Gasteiger charge is 2.26. The zero-order valence-electron chi connectivity index (χ0n) is 30.2. The highest BCUT2D eigenvalue weighted by molar-refractivity contribution is 6.31. The van der Waals surface area contributed by atoms with Crippen LogP contribution in [0.4, 0.5) is 5.69 Å². The van der Waals surface area contributed by atoms with E-state index in [0.717, 1.165) is 42.5 Å². The summed E-state index contributed by atoms with van der Waals surface area (Å²) in [5.41, 5.74) is 4.12. The van der Waals surface area contributed by atoms with Gasteiger partial charge in [0.05, 0.1) is 59.9 Å². The molecule has 1 atom stereocenters. The predicted molar refractivity (Wildman–Crippen MR) is 201 cm³/mol. The Balaban J connectivity index is 0.978. The van der Waals surface area contributed by atoms with E-state index in [4.69, 9.17) is 49.3 Å². The normalized spacial score (nSPS) is 13.3. The van der Waals surface area contributed by atoms with Gasteiger partial charge < -0.3 is 48.3 Å². The lowest BCUT2D eigenvalue weighted by atomic mass is 10.1. The molecule has 0 saturated heterocycles. The van der Waals surface area contributed by atoms with Crippen LogP contribution in [-0.4, -0.2) is 59.8 Å². The number of carbonyl (C=O) groups excluding carboxylic acids is 1. The lowest BCUT2D eigenvalue weighted by Crippen LogP contribution is -2.38. The average molecular weight is 744 g/mol. The van der Waals surface area contributed by atoms with Crippen molar-refractivity contribution in [2.24, 2.45) is 0 Å². The van der Waals surface area contributed by atoms with Crippen LogP contribution in [0.2, 0.25) is 5.02 Å². The van der Waals surface area contributed by atoms with Gasteiger partial charge in [0, 0.05) is 22.3 Å². The second-order valence-corrected chi connectivity index (χ2v) is 12.5. The van der Waals surface area contributed by atoms with Crippen molar-refractivity contribution in [3.8, 4) is 62.8 Å². The molecule has 12 nitrogen and oxygen atoms in total. The van der Waals surface area contributed by atoms with Gasteiger partial charge in [0.15, 0.2) is 40.3 Å². The molecular weight excluding hydrogens is 702 g/mol. The van der Waals surface area contributed by atoms with Gasteiger partial charge in [-0.2, -0.15) is 0 Å². The molecule has 13 heteroatoms. The van der Waals surface area contributed by atoms with E-state index in [1.807, 2.05) is 54.6 Å². The minimum Gasteiger partial charge on any atom is -0.493 e. The SMILES string of the molecule is COc1cc(C2NC(=O)c3cc(Cl)ccc3N2)ccc1OCCCCCCOc1cccc(-c2cc(-c3cc(OC)c(OC)c(OC)c3)no2)c1OC. The van der Waals surface area contributed by atoms with Gasteiger partial charge in [-0.15, -0.1) is 0 Å². The minimum absolute atomic E-state index is 0.196.